The number of thiazole rings is 1. The number of nitrogens with zero attached hydrogens (tertiary/aromatic N) is 3. The smallest absolute Gasteiger partial charge is 0.411 e. The number of hydrogen-bond acceptors (Lipinski definition) is 9. The maximum absolute atomic E-state index is 15.0. The third-order valence-corrected chi connectivity index (χ3v) is 7.56. The molecule has 3 N–H and O–H groups in total. The van der Waals surface area contributed by atoms with Crippen LogP contribution in [0.4, 0.5) is 14.9 Å². The van der Waals surface area contributed by atoms with E-state index >= 15 is 4.39 Å². The Labute approximate surface area is 230 Å². The number of methoxy groups -OCH3 is 1. The van der Waals surface area contributed by atoms with Gasteiger partial charge in [0.2, 0.25) is 11.8 Å². The first kappa shape index (κ1) is 25.4. The summed E-state index contributed by atoms with van der Waals surface area (Å²) in [6.45, 7) is 1.85. The highest BCUT2D eigenvalue weighted by Crippen LogP contribution is 2.43. The summed E-state index contributed by atoms with van der Waals surface area (Å²) in [6, 6.07) is 11.4. The molecular formula is C28H22FN5O5S. The van der Waals surface area contributed by atoms with Crippen molar-refractivity contribution in [3.63, 3.8) is 0 Å². The molecule has 1 aliphatic heterocycles. The average molecular weight is 560 g/mol. The van der Waals surface area contributed by atoms with Gasteiger partial charge in [-0.3, -0.25) is 10.1 Å². The predicted molar refractivity (Wildman–Crippen MR) is 147 cm³/mol. The number of anilines is 1. The van der Waals surface area contributed by atoms with Gasteiger partial charge in [0.25, 0.3) is 0 Å². The van der Waals surface area contributed by atoms with Crippen molar-refractivity contribution in [1.29, 1.82) is 0 Å². The Bertz CT molecular complexity index is 1820. The fraction of sp³-hybridized carbons (Fsp3) is 0.179. The SMILES string of the molecule is COc1cnc2c(-c3nc4cc(F)c5c(c4s3)C[C@H](COC(=O)Nc3cccc(C(N)=O)c3)O5)cc(C)cc2n1. The van der Waals surface area contributed by atoms with E-state index in [1.165, 1.54) is 36.6 Å². The summed E-state index contributed by atoms with van der Waals surface area (Å²) in [4.78, 5) is 37.4. The number of aromatic nitrogens is 3. The molecule has 2 amide bonds. The third kappa shape index (κ3) is 4.73. The van der Waals surface area contributed by atoms with Gasteiger partial charge in [-0.2, -0.15) is 0 Å². The second-order valence-electron chi connectivity index (χ2n) is 9.24. The number of ether oxygens (including phenoxy) is 3. The molecule has 3 heterocycles. The lowest BCUT2D eigenvalue weighted by Crippen LogP contribution is -2.25. The molecule has 3 aromatic carbocycles. The average Bonchev–Trinajstić information content (AvgIpc) is 3.56. The van der Waals surface area contributed by atoms with Crippen molar-refractivity contribution in [2.75, 3.05) is 19.0 Å². The summed E-state index contributed by atoms with van der Waals surface area (Å²) < 4.78 is 32.2. The fourth-order valence-electron chi connectivity index (χ4n) is 4.62. The van der Waals surface area contributed by atoms with Gasteiger partial charge in [0.1, 0.15) is 17.7 Å². The van der Waals surface area contributed by atoms with Crippen molar-refractivity contribution in [3.05, 3.63) is 71.2 Å². The minimum Gasteiger partial charge on any atom is -0.483 e. The lowest BCUT2D eigenvalue weighted by Gasteiger charge is -2.12. The summed E-state index contributed by atoms with van der Waals surface area (Å²) in [5, 5.41) is 3.22. The second-order valence-corrected chi connectivity index (χ2v) is 10.2. The van der Waals surface area contributed by atoms with Crippen molar-refractivity contribution in [2.24, 2.45) is 5.73 Å². The molecule has 0 saturated carbocycles. The standard InChI is InChI=1S/C28H22FN5O5S/c1-13-6-17(23-20(7-13)33-22(37-2)11-31-23)27-34-21-10-19(29)24-18(25(21)40-27)9-16(39-24)12-38-28(36)32-15-5-3-4-14(8-15)26(30)35/h3-8,10-11,16H,9,12H2,1-2H3,(H2,30,35)(H,32,36)/t16-/m1/s1. The normalized spacial score (nSPS) is 14.1. The van der Waals surface area contributed by atoms with Crippen molar-refractivity contribution < 1.29 is 28.2 Å². The van der Waals surface area contributed by atoms with E-state index in [0.717, 1.165) is 15.8 Å². The van der Waals surface area contributed by atoms with Gasteiger partial charge in [-0.1, -0.05) is 6.07 Å². The molecule has 202 valence electrons. The number of hydrogen-bond donors (Lipinski definition) is 2. The Hall–Kier alpha value is -4.84. The second kappa shape index (κ2) is 10.0. The molecule has 2 aromatic heterocycles. The fourth-order valence-corrected chi connectivity index (χ4v) is 5.73. The minimum atomic E-state index is -0.740. The molecule has 12 heteroatoms. The van der Waals surface area contributed by atoms with E-state index in [1.54, 1.807) is 18.3 Å². The Morgan fingerprint density at radius 1 is 1.20 bits per heavy atom. The Morgan fingerprint density at radius 3 is 2.85 bits per heavy atom. The number of benzene rings is 3. The van der Waals surface area contributed by atoms with Gasteiger partial charge in [0.05, 0.1) is 34.6 Å². The number of primary amides is 1. The summed E-state index contributed by atoms with van der Waals surface area (Å²) in [7, 11) is 1.53. The molecular weight excluding hydrogens is 537 g/mol. The van der Waals surface area contributed by atoms with Gasteiger partial charge in [0.15, 0.2) is 11.6 Å². The minimum absolute atomic E-state index is 0.109. The van der Waals surface area contributed by atoms with Crippen LogP contribution in [0, 0.1) is 12.7 Å². The zero-order valence-electron chi connectivity index (χ0n) is 21.4. The number of carbonyl (C=O) groups excluding carboxylic acids is 2. The van der Waals surface area contributed by atoms with Crippen LogP contribution in [0.1, 0.15) is 21.5 Å². The lowest BCUT2D eigenvalue weighted by molar-refractivity contribution is 0.0994. The van der Waals surface area contributed by atoms with E-state index < -0.39 is 23.9 Å². The van der Waals surface area contributed by atoms with Crippen molar-refractivity contribution >= 4 is 50.3 Å². The van der Waals surface area contributed by atoms with Gasteiger partial charge in [-0.05, 0) is 42.8 Å². The van der Waals surface area contributed by atoms with E-state index in [0.29, 0.717) is 45.1 Å². The van der Waals surface area contributed by atoms with Crippen molar-refractivity contribution in [3.8, 4) is 22.2 Å². The van der Waals surface area contributed by atoms with Crippen LogP contribution >= 0.6 is 11.3 Å². The zero-order chi connectivity index (χ0) is 28.0. The number of rotatable bonds is 6. The van der Waals surface area contributed by atoms with Gasteiger partial charge in [0, 0.05) is 34.9 Å². The Balaban J connectivity index is 1.23. The van der Waals surface area contributed by atoms with E-state index in [-0.39, 0.29) is 17.9 Å². The molecule has 0 fully saturated rings. The van der Waals surface area contributed by atoms with Crippen molar-refractivity contribution in [2.45, 2.75) is 19.4 Å². The molecule has 1 atom stereocenters. The number of nitrogens with two attached hydrogens (primary N) is 1. The highest BCUT2D eigenvalue weighted by molar-refractivity contribution is 7.22. The molecule has 10 nitrogen and oxygen atoms in total. The topological polar surface area (TPSA) is 139 Å². The summed E-state index contributed by atoms with van der Waals surface area (Å²) in [5.41, 5.74) is 10.2. The maximum Gasteiger partial charge on any atom is 0.411 e. The highest BCUT2D eigenvalue weighted by Gasteiger charge is 2.31. The quantitative estimate of drug-likeness (QED) is 0.296. The first-order chi connectivity index (χ1) is 19.3. The van der Waals surface area contributed by atoms with Crippen LogP contribution in [0.5, 0.6) is 11.6 Å². The largest absolute Gasteiger partial charge is 0.483 e. The van der Waals surface area contributed by atoms with Crippen LogP contribution in [0.2, 0.25) is 0 Å². The maximum atomic E-state index is 15.0. The van der Waals surface area contributed by atoms with E-state index in [4.69, 9.17) is 24.9 Å². The van der Waals surface area contributed by atoms with Crippen LogP contribution in [-0.2, 0) is 11.2 Å². The lowest BCUT2D eigenvalue weighted by atomic mass is 10.1. The molecule has 0 aliphatic carbocycles. The molecule has 0 spiro atoms. The van der Waals surface area contributed by atoms with E-state index in [2.05, 4.69) is 15.3 Å². The van der Waals surface area contributed by atoms with Crippen LogP contribution < -0.4 is 20.5 Å². The monoisotopic (exact) mass is 559 g/mol. The molecule has 40 heavy (non-hydrogen) atoms. The molecule has 0 saturated heterocycles. The Morgan fingerprint density at radius 2 is 2.05 bits per heavy atom. The number of fused-ring (bicyclic) bond motifs is 4. The van der Waals surface area contributed by atoms with Gasteiger partial charge < -0.3 is 19.9 Å². The van der Waals surface area contributed by atoms with E-state index in [9.17, 15) is 9.59 Å². The van der Waals surface area contributed by atoms with Gasteiger partial charge in [-0.25, -0.2) is 24.1 Å². The van der Waals surface area contributed by atoms with Crippen molar-refractivity contribution in [1.82, 2.24) is 15.0 Å². The summed E-state index contributed by atoms with van der Waals surface area (Å²) in [6.07, 6.45) is 0.563. The highest BCUT2D eigenvalue weighted by atomic mass is 32.1. The number of halogens is 1. The van der Waals surface area contributed by atoms with Crippen LogP contribution in [0.25, 0.3) is 31.8 Å². The number of aryl methyl sites for hydroxylation is 1. The van der Waals surface area contributed by atoms with Crippen LogP contribution in [-0.4, -0.2) is 46.8 Å². The molecule has 0 bridgehead atoms. The number of amides is 2. The van der Waals surface area contributed by atoms with Crippen LogP contribution in [0.3, 0.4) is 0 Å². The van der Waals surface area contributed by atoms with Crippen LogP contribution in [0.15, 0.2) is 48.7 Å². The predicted octanol–water partition coefficient (Wildman–Crippen LogP) is 5.01. The number of nitrogens with one attached hydrogen (secondary N) is 1. The zero-order valence-corrected chi connectivity index (χ0v) is 22.2. The molecule has 0 radical (unpaired) electrons. The first-order valence-electron chi connectivity index (χ1n) is 12.2. The van der Waals surface area contributed by atoms with E-state index in [1.807, 2.05) is 19.1 Å². The molecule has 6 rings (SSSR count). The summed E-state index contributed by atoms with van der Waals surface area (Å²) in [5.74, 6) is -0.610. The van der Waals surface area contributed by atoms with Gasteiger partial charge >= 0.3 is 6.09 Å². The van der Waals surface area contributed by atoms with Gasteiger partial charge in [-0.15, -0.1) is 11.3 Å². The molecule has 0 unspecified atom stereocenters. The summed E-state index contributed by atoms with van der Waals surface area (Å²) >= 11 is 1.42. The number of carbonyl (C=O) groups is 2. The Kier molecular flexibility index (Phi) is 6.39. The first-order valence-corrected chi connectivity index (χ1v) is 13.0. The molecule has 5 aromatic rings. The third-order valence-electron chi connectivity index (χ3n) is 6.40. The molecule has 1 aliphatic rings.